The van der Waals surface area contributed by atoms with Gasteiger partial charge in [0.05, 0.1) is 17.5 Å². The molecule has 0 radical (unpaired) electrons. The standard InChI is InChI=1S/C13H13NO5S/c1-2-9-3-4-10(13(15)16)7-12(9)14-20(17,18)11-5-6-19-8-11/h3-8,14H,2H2,1H3,(H,15,16). The lowest BCUT2D eigenvalue weighted by molar-refractivity contribution is 0.0697. The Morgan fingerprint density at radius 1 is 1.35 bits per heavy atom. The van der Waals surface area contributed by atoms with Crippen LogP contribution < -0.4 is 4.72 Å². The topological polar surface area (TPSA) is 96.6 Å². The highest BCUT2D eigenvalue weighted by molar-refractivity contribution is 7.92. The third-order valence-electron chi connectivity index (χ3n) is 2.79. The Bertz CT molecular complexity index is 719. The normalized spacial score (nSPS) is 11.2. The summed E-state index contributed by atoms with van der Waals surface area (Å²) >= 11 is 0. The second-order valence-electron chi connectivity index (χ2n) is 4.10. The van der Waals surface area contributed by atoms with Crippen molar-refractivity contribution in [1.29, 1.82) is 0 Å². The van der Waals surface area contributed by atoms with E-state index >= 15 is 0 Å². The van der Waals surface area contributed by atoms with Crippen molar-refractivity contribution < 1.29 is 22.7 Å². The molecule has 1 aromatic carbocycles. The molecule has 0 unspecified atom stereocenters. The molecule has 1 heterocycles. The van der Waals surface area contributed by atoms with Gasteiger partial charge in [-0.25, -0.2) is 13.2 Å². The average Bonchev–Trinajstić information content (AvgIpc) is 2.92. The van der Waals surface area contributed by atoms with Crippen LogP contribution in [0.3, 0.4) is 0 Å². The number of anilines is 1. The van der Waals surface area contributed by atoms with Gasteiger partial charge in [-0.2, -0.15) is 0 Å². The van der Waals surface area contributed by atoms with E-state index in [0.29, 0.717) is 12.0 Å². The van der Waals surface area contributed by atoms with Crippen molar-refractivity contribution in [2.75, 3.05) is 4.72 Å². The molecule has 2 N–H and O–H groups in total. The molecule has 0 aliphatic heterocycles. The smallest absolute Gasteiger partial charge is 0.335 e. The minimum Gasteiger partial charge on any atom is -0.478 e. The van der Waals surface area contributed by atoms with Crippen LogP contribution >= 0.6 is 0 Å². The predicted octanol–water partition coefficient (Wildman–Crippen LogP) is 2.34. The van der Waals surface area contributed by atoms with Gasteiger partial charge in [0.25, 0.3) is 10.0 Å². The maximum atomic E-state index is 12.1. The molecule has 7 heteroatoms. The molecule has 0 spiro atoms. The van der Waals surface area contributed by atoms with E-state index in [4.69, 9.17) is 9.52 Å². The molecule has 0 saturated heterocycles. The molecule has 0 bridgehead atoms. The second kappa shape index (κ2) is 5.38. The largest absolute Gasteiger partial charge is 0.478 e. The van der Waals surface area contributed by atoms with Crippen LogP contribution in [0, 0.1) is 0 Å². The molecule has 0 aliphatic carbocycles. The molecule has 1 aromatic heterocycles. The summed E-state index contributed by atoms with van der Waals surface area (Å²) in [5, 5.41) is 8.96. The summed E-state index contributed by atoms with van der Waals surface area (Å²) in [6.45, 7) is 1.85. The third kappa shape index (κ3) is 2.83. The van der Waals surface area contributed by atoms with Gasteiger partial charge < -0.3 is 9.52 Å². The van der Waals surface area contributed by atoms with Crippen molar-refractivity contribution in [3.05, 3.63) is 47.9 Å². The van der Waals surface area contributed by atoms with Crippen molar-refractivity contribution in [1.82, 2.24) is 0 Å². The van der Waals surface area contributed by atoms with E-state index in [9.17, 15) is 13.2 Å². The SMILES string of the molecule is CCc1ccc(C(=O)O)cc1NS(=O)(=O)c1ccoc1. The Kier molecular flexibility index (Phi) is 3.80. The minimum absolute atomic E-state index is 0.0136. The first-order chi connectivity index (χ1) is 9.44. The molecule has 20 heavy (non-hydrogen) atoms. The Morgan fingerprint density at radius 2 is 2.10 bits per heavy atom. The van der Waals surface area contributed by atoms with Crippen molar-refractivity contribution >= 4 is 21.7 Å². The van der Waals surface area contributed by atoms with Crippen LogP contribution in [0.25, 0.3) is 0 Å². The number of rotatable bonds is 5. The summed E-state index contributed by atoms with van der Waals surface area (Å²) in [6.07, 6.45) is 2.93. The summed E-state index contributed by atoms with van der Waals surface area (Å²) in [4.78, 5) is 10.9. The lowest BCUT2D eigenvalue weighted by Gasteiger charge is -2.11. The Morgan fingerprint density at radius 3 is 2.65 bits per heavy atom. The summed E-state index contributed by atoms with van der Waals surface area (Å²) in [5.41, 5.74) is 0.989. The molecule has 0 fully saturated rings. The third-order valence-corrected chi connectivity index (χ3v) is 4.13. The van der Waals surface area contributed by atoms with Gasteiger partial charge in [-0.3, -0.25) is 4.72 Å². The van der Waals surface area contributed by atoms with Crippen molar-refractivity contribution in [2.45, 2.75) is 18.2 Å². The number of carbonyl (C=O) groups is 1. The zero-order chi connectivity index (χ0) is 14.8. The molecule has 0 aliphatic rings. The summed E-state index contributed by atoms with van der Waals surface area (Å²) in [6, 6.07) is 5.65. The van der Waals surface area contributed by atoms with Gasteiger partial charge in [-0.15, -0.1) is 0 Å². The van der Waals surface area contributed by atoms with Crippen molar-refractivity contribution in [3.63, 3.8) is 0 Å². The summed E-state index contributed by atoms with van der Waals surface area (Å²) in [5.74, 6) is -1.11. The van der Waals surface area contributed by atoms with E-state index in [-0.39, 0.29) is 16.1 Å². The number of aromatic carboxylic acids is 1. The lowest BCUT2D eigenvalue weighted by atomic mass is 10.1. The van der Waals surface area contributed by atoms with Crippen LogP contribution in [-0.4, -0.2) is 19.5 Å². The maximum Gasteiger partial charge on any atom is 0.335 e. The molecule has 0 atom stereocenters. The first-order valence-electron chi connectivity index (χ1n) is 5.85. The van der Waals surface area contributed by atoms with Gasteiger partial charge >= 0.3 is 5.97 Å². The van der Waals surface area contributed by atoms with E-state index in [1.54, 1.807) is 6.07 Å². The second-order valence-corrected chi connectivity index (χ2v) is 5.78. The van der Waals surface area contributed by atoms with Gasteiger partial charge in [0.15, 0.2) is 0 Å². The summed E-state index contributed by atoms with van der Waals surface area (Å²) in [7, 11) is -3.78. The van der Waals surface area contributed by atoms with E-state index < -0.39 is 16.0 Å². The minimum atomic E-state index is -3.78. The predicted molar refractivity (Wildman–Crippen MR) is 72.3 cm³/mol. The van der Waals surface area contributed by atoms with Crippen LogP contribution in [0.4, 0.5) is 5.69 Å². The van der Waals surface area contributed by atoms with Gasteiger partial charge in [0.1, 0.15) is 11.2 Å². The summed E-state index contributed by atoms with van der Waals surface area (Å²) < 4.78 is 31.3. The molecule has 2 rings (SSSR count). The molecule has 106 valence electrons. The highest BCUT2D eigenvalue weighted by atomic mass is 32.2. The molecular formula is C13H13NO5S. The van der Waals surface area contributed by atoms with Crippen LogP contribution in [0.1, 0.15) is 22.8 Å². The molecule has 0 amide bonds. The van der Waals surface area contributed by atoms with E-state index in [2.05, 4.69) is 4.72 Å². The fourth-order valence-corrected chi connectivity index (χ4v) is 2.74. The quantitative estimate of drug-likeness (QED) is 0.882. The van der Waals surface area contributed by atoms with E-state index in [1.807, 2.05) is 6.92 Å². The van der Waals surface area contributed by atoms with Crippen molar-refractivity contribution in [3.8, 4) is 0 Å². The molecular weight excluding hydrogens is 282 g/mol. The van der Waals surface area contributed by atoms with E-state index in [0.717, 1.165) is 6.26 Å². The highest BCUT2D eigenvalue weighted by Crippen LogP contribution is 2.22. The number of aryl methyl sites for hydroxylation is 1. The number of furan rings is 1. The van der Waals surface area contributed by atoms with Gasteiger partial charge in [-0.05, 0) is 30.2 Å². The first-order valence-corrected chi connectivity index (χ1v) is 7.33. The first kappa shape index (κ1) is 14.1. The van der Waals surface area contributed by atoms with E-state index in [1.165, 1.54) is 24.5 Å². The molecule has 2 aromatic rings. The number of carboxylic acid groups (broad SMARTS) is 1. The van der Waals surface area contributed by atoms with Crippen LogP contribution in [0.2, 0.25) is 0 Å². The Labute approximate surface area is 116 Å². The Hall–Kier alpha value is -2.28. The number of carboxylic acids is 1. The number of sulfonamides is 1. The van der Waals surface area contributed by atoms with Gasteiger partial charge in [-0.1, -0.05) is 13.0 Å². The highest BCUT2D eigenvalue weighted by Gasteiger charge is 2.18. The lowest BCUT2D eigenvalue weighted by Crippen LogP contribution is -2.14. The fraction of sp³-hybridized carbons (Fsp3) is 0.154. The van der Waals surface area contributed by atoms with Crippen LogP contribution in [-0.2, 0) is 16.4 Å². The van der Waals surface area contributed by atoms with Gasteiger partial charge in [0, 0.05) is 0 Å². The number of benzene rings is 1. The number of hydrogen-bond acceptors (Lipinski definition) is 4. The fourth-order valence-electron chi connectivity index (χ4n) is 1.72. The molecule has 0 saturated carbocycles. The number of hydrogen-bond donors (Lipinski definition) is 2. The maximum absolute atomic E-state index is 12.1. The van der Waals surface area contributed by atoms with Crippen molar-refractivity contribution in [2.24, 2.45) is 0 Å². The number of nitrogens with one attached hydrogen (secondary N) is 1. The zero-order valence-electron chi connectivity index (χ0n) is 10.7. The molecule has 6 nitrogen and oxygen atoms in total. The van der Waals surface area contributed by atoms with Gasteiger partial charge in [0.2, 0.25) is 0 Å². The van der Waals surface area contributed by atoms with Crippen LogP contribution in [0.15, 0.2) is 46.1 Å². The monoisotopic (exact) mass is 295 g/mol. The zero-order valence-corrected chi connectivity index (χ0v) is 11.5. The average molecular weight is 295 g/mol. The Balaban J connectivity index is 2.42. The van der Waals surface area contributed by atoms with Crippen LogP contribution in [0.5, 0.6) is 0 Å².